The molecule has 5 heteroatoms. The number of halogens is 1. The summed E-state index contributed by atoms with van der Waals surface area (Å²) in [6.45, 7) is 4.05. The molecule has 0 N–H and O–H groups in total. The number of benzene rings is 2. The van der Waals surface area contributed by atoms with Gasteiger partial charge < -0.3 is 9.47 Å². The van der Waals surface area contributed by atoms with E-state index in [9.17, 15) is 4.79 Å². The third-order valence-corrected chi connectivity index (χ3v) is 3.96. The van der Waals surface area contributed by atoms with Crippen LogP contribution >= 0.6 is 22.6 Å². The van der Waals surface area contributed by atoms with Crippen molar-refractivity contribution in [3.05, 3.63) is 81.6 Å². The van der Waals surface area contributed by atoms with E-state index in [1.54, 1.807) is 12.2 Å². The van der Waals surface area contributed by atoms with Gasteiger partial charge in [-0.25, -0.2) is 9.79 Å². The quantitative estimate of drug-likeness (QED) is 0.309. The third kappa shape index (κ3) is 3.91. The number of carbonyl (C=O) groups is 1. The Morgan fingerprint density at radius 1 is 1.21 bits per heavy atom. The number of hydrogen-bond donors (Lipinski definition) is 0. The molecule has 4 nitrogen and oxygen atoms in total. The molecule has 2 aromatic carbocycles. The van der Waals surface area contributed by atoms with E-state index in [-0.39, 0.29) is 5.70 Å². The molecule has 0 saturated carbocycles. The summed E-state index contributed by atoms with van der Waals surface area (Å²) >= 11 is 2.22. The number of aliphatic imine (C=N–C) groups is 1. The highest BCUT2D eigenvalue weighted by Crippen LogP contribution is 2.21. The maximum Gasteiger partial charge on any atom is 0.363 e. The predicted molar refractivity (Wildman–Crippen MR) is 102 cm³/mol. The van der Waals surface area contributed by atoms with Crippen LogP contribution in [0.15, 0.2) is 71.9 Å². The lowest BCUT2D eigenvalue weighted by molar-refractivity contribution is -0.129. The number of carbonyl (C=O) groups excluding carboxylic acids is 1. The second kappa shape index (κ2) is 7.44. The van der Waals surface area contributed by atoms with E-state index in [1.807, 2.05) is 48.5 Å². The summed E-state index contributed by atoms with van der Waals surface area (Å²) in [5, 5.41) is 0. The number of esters is 1. The van der Waals surface area contributed by atoms with Crippen LogP contribution in [0.25, 0.3) is 6.08 Å². The minimum Gasteiger partial charge on any atom is -0.490 e. The third-order valence-electron chi connectivity index (χ3n) is 3.24. The zero-order chi connectivity index (χ0) is 16.9. The fourth-order valence-electron chi connectivity index (χ4n) is 2.13. The van der Waals surface area contributed by atoms with Crippen LogP contribution in [0.5, 0.6) is 5.75 Å². The summed E-state index contributed by atoms with van der Waals surface area (Å²) < 4.78 is 11.9. The van der Waals surface area contributed by atoms with Crippen molar-refractivity contribution >= 4 is 40.5 Å². The van der Waals surface area contributed by atoms with Crippen molar-refractivity contribution in [2.75, 3.05) is 6.61 Å². The van der Waals surface area contributed by atoms with Crippen molar-refractivity contribution in [1.29, 1.82) is 0 Å². The summed E-state index contributed by atoms with van der Waals surface area (Å²) in [5.41, 5.74) is 1.86. The molecule has 1 aliphatic rings. The van der Waals surface area contributed by atoms with Crippen LogP contribution in [0.2, 0.25) is 0 Å². The summed E-state index contributed by atoms with van der Waals surface area (Å²) in [7, 11) is 0. The molecule has 120 valence electrons. The Labute approximate surface area is 153 Å². The molecule has 0 radical (unpaired) electrons. The van der Waals surface area contributed by atoms with Crippen molar-refractivity contribution in [2.45, 2.75) is 0 Å². The average molecular weight is 431 g/mol. The topological polar surface area (TPSA) is 47.9 Å². The lowest BCUT2D eigenvalue weighted by atomic mass is 10.2. The number of hydrogen-bond acceptors (Lipinski definition) is 4. The molecule has 24 heavy (non-hydrogen) atoms. The monoisotopic (exact) mass is 431 g/mol. The minimum atomic E-state index is -0.457. The average Bonchev–Trinajstić information content (AvgIpc) is 2.95. The molecule has 0 amide bonds. The first-order valence-corrected chi connectivity index (χ1v) is 8.36. The summed E-state index contributed by atoms with van der Waals surface area (Å²) in [4.78, 5) is 16.3. The number of cyclic esters (lactones) is 1. The fraction of sp³-hybridized carbons (Fsp3) is 0.0526. The Morgan fingerprint density at radius 2 is 2.00 bits per heavy atom. The number of ether oxygens (including phenoxy) is 2. The smallest absolute Gasteiger partial charge is 0.363 e. The number of nitrogens with zero attached hydrogens (tertiary/aromatic N) is 1. The summed E-state index contributed by atoms with van der Waals surface area (Å²) in [5.74, 6) is 0.570. The molecule has 0 aliphatic carbocycles. The Balaban J connectivity index is 1.85. The van der Waals surface area contributed by atoms with Gasteiger partial charge in [0.1, 0.15) is 12.4 Å². The van der Waals surface area contributed by atoms with Gasteiger partial charge in [-0.1, -0.05) is 24.8 Å². The van der Waals surface area contributed by atoms with Crippen LogP contribution < -0.4 is 4.74 Å². The van der Waals surface area contributed by atoms with Gasteiger partial charge in [0.25, 0.3) is 0 Å². The van der Waals surface area contributed by atoms with Gasteiger partial charge in [0.15, 0.2) is 5.70 Å². The molecule has 0 saturated heterocycles. The lowest BCUT2D eigenvalue weighted by Gasteiger charge is -2.03. The summed E-state index contributed by atoms with van der Waals surface area (Å²) in [6, 6.07) is 15.0. The zero-order valence-corrected chi connectivity index (χ0v) is 14.9. The highest BCUT2D eigenvalue weighted by atomic mass is 127. The van der Waals surface area contributed by atoms with Gasteiger partial charge in [0.05, 0.1) is 0 Å². The van der Waals surface area contributed by atoms with Crippen LogP contribution in [-0.2, 0) is 9.53 Å². The van der Waals surface area contributed by atoms with Crippen molar-refractivity contribution in [1.82, 2.24) is 0 Å². The first-order valence-electron chi connectivity index (χ1n) is 7.28. The Bertz CT molecular complexity index is 838. The minimum absolute atomic E-state index is 0.268. The van der Waals surface area contributed by atoms with E-state index in [2.05, 4.69) is 34.2 Å². The van der Waals surface area contributed by atoms with E-state index in [0.717, 1.165) is 14.7 Å². The lowest BCUT2D eigenvalue weighted by Crippen LogP contribution is -2.05. The molecule has 0 spiro atoms. The SMILES string of the molecule is C=CCOc1cccc(/C=C2/N=C(c3ccc(I)cc3)OC2=O)c1. The second-order valence-electron chi connectivity index (χ2n) is 5.02. The standard InChI is InChI=1S/C19H14INO3/c1-2-10-23-16-5-3-4-13(11-16)12-17-19(22)24-18(21-17)14-6-8-15(20)9-7-14/h2-9,11-12H,1,10H2/b17-12+. The van der Waals surface area contributed by atoms with E-state index >= 15 is 0 Å². The summed E-state index contributed by atoms with van der Waals surface area (Å²) in [6.07, 6.45) is 3.36. The van der Waals surface area contributed by atoms with E-state index in [0.29, 0.717) is 18.3 Å². The normalized spacial score (nSPS) is 15.1. The van der Waals surface area contributed by atoms with Gasteiger partial charge in [-0.3, -0.25) is 0 Å². The molecule has 2 aromatic rings. The maximum absolute atomic E-state index is 12.0. The Kier molecular flexibility index (Phi) is 5.10. The first-order chi connectivity index (χ1) is 11.7. The van der Waals surface area contributed by atoms with Gasteiger partial charge in [-0.05, 0) is 70.6 Å². The number of rotatable bonds is 5. The molecule has 0 atom stereocenters. The molecule has 1 aliphatic heterocycles. The predicted octanol–water partition coefficient (Wildman–Crippen LogP) is 4.20. The molecule has 0 bridgehead atoms. The van der Waals surface area contributed by atoms with Crippen LogP contribution in [0, 0.1) is 3.57 Å². The van der Waals surface area contributed by atoms with Crippen molar-refractivity contribution in [2.24, 2.45) is 4.99 Å². The molecule has 3 rings (SSSR count). The van der Waals surface area contributed by atoms with Gasteiger partial charge in [-0.2, -0.15) is 0 Å². The van der Waals surface area contributed by atoms with Crippen LogP contribution in [0.1, 0.15) is 11.1 Å². The molecule has 1 heterocycles. The fourth-order valence-corrected chi connectivity index (χ4v) is 2.49. The Hall–Kier alpha value is -2.41. The maximum atomic E-state index is 12.0. The van der Waals surface area contributed by atoms with E-state index in [1.165, 1.54) is 0 Å². The molecular weight excluding hydrogens is 417 g/mol. The van der Waals surface area contributed by atoms with Crippen molar-refractivity contribution in [3.63, 3.8) is 0 Å². The zero-order valence-electron chi connectivity index (χ0n) is 12.7. The van der Waals surface area contributed by atoms with Crippen molar-refractivity contribution in [3.8, 4) is 5.75 Å². The van der Waals surface area contributed by atoms with Gasteiger partial charge in [0, 0.05) is 9.13 Å². The van der Waals surface area contributed by atoms with E-state index in [4.69, 9.17) is 9.47 Å². The van der Waals surface area contributed by atoms with Gasteiger partial charge in [-0.15, -0.1) is 0 Å². The van der Waals surface area contributed by atoms with Crippen LogP contribution in [-0.4, -0.2) is 18.5 Å². The van der Waals surface area contributed by atoms with Gasteiger partial charge in [0.2, 0.25) is 5.90 Å². The van der Waals surface area contributed by atoms with Gasteiger partial charge >= 0.3 is 5.97 Å². The van der Waals surface area contributed by atoms with E-state index < -0.39 is 5.97 Å². The highest BCUT2D eigenvalue weighted by Gasteiger charge is 2.24. The highest BCUT2D eigenvalue weighted by molar-refractivity contribution is 14.1. The molecule has 0 unspecified atom stereocenters. The van der Waals surface area contributed by atoms with Crippen LogP contribution in [0.4, 0.5) is 0 Å². The molecule has 0 fully saturated rings. The molecule has 0 aromatic heterocycles. The first kappa shape index (κ1) is 16.4. The largest absolute Gasteiger partial charge is 0.490 e. The Morgan fingerprint density at radius 3 is 2.75 bits per heavy atom. The molecular formula is C19H14INO3. The van der Waals surface area contributed by atoms with Crippen LogP contribution in [0.3, 0.4) is 0 Å². The van der Waals surface area contributed by atoms with Crippen molar-refractivity contribution < 1.29 is 14.3 Å². The second-order valence-corrected chi connectivity index (χ2v) is 6.26.